The molecule has 4 rings (SSSR count). The smallest absolute Gasteiger partial charge is 0.123 e. The van der Waals surface area contributed by atoms with Gasteiger partial charge in [-0.25, -0.2) is 4.39 Å². The highest BCUT2D eigenvalue weighted by atomic mass is 32.2. The summed E-state index contributed by atoms with van der Waals surface area (Å²) < 4.78 is 15.9. The lowest BCUT2D eigenvalue weighted by Crippen LogP contribution is -2.42. The van der Waals surface area contributed by atoms with Gasteiger partial charge in [0.2, 0.25) is 0 Å². The third-order valence-corrected chi connectivity index (χ3v) is 5.02. The molecule has 0 unspecified atom stereocenters. The average molecular weight is 301 g/mol. The molecule has 0 radical (unpaired) electrons. The van der Waals surface area contributed by atoms with E-state index < -0.39 is 0 Å². The summed E-state index contributed by atoms with van der Waals surface area (Å²) in [6.45, 7) is 3.83. The predicted octanol–water partition coefficient (Wildman–Crippen LogP) is 2.95. The Hall–Kier alpha value is -1.72. The fraction of sp³-hybridized carbons (Fsp3) is 0.250. The van der Waals surface area contributed by atoms with Crippen LogP contribution in [-0.4, -0.2) is 35.6 Å². The maximum absolute atomic E-state index is 13.7. The van der Waals surface area contributed by atoms with Crippen LogP contribution in [0, 0.1) is 5.82 Å². The molecule has 2 aliphatic heterocycles. The van der Waals surface area contributed by atoms with Gasteiger partial charge >= 0.3 is 0 Å². The molecule has 0 atom stereocenters. The third-order valence-electron chi connectivity index (χ3n) is 3.89. The van der Waals surface area contributed by atoms with Gasteiger partial charge in [0.25, 0.3) is 0 Å². The maximum Gasteiger partial charge on any atom is 0.123 e. The van der Waals surface area contributed by atoms with Crippen LogP contribution in [0.4, 0.5) is 4.39 Å². The second-order valence-electron chi connectivity index (χ2n) is 5.25. The van der Waals surface area contributed by atoms with E-state index in [1.807, 2.05) is 18.3 Å². The Morgan fingerprint density at radius 2 is 2.00 bits per heavy atom. The molecule has 21 heavy (non-hydrogen) atoms. The number of aromatic nitrogens is 1. The van der Waals surface area contributed by atoms with E-state index in [4.69, 9.17) is 0 Å². The normalized spacial score (nSPS) is 17.8. The summed E-state index contributed by atoms with van der Waals surface area (Å²) in [6, 6.07) is 9.22. The lowest BCUT2D eigenvalue weighted by atomic mass is 10.1. The van der Waals surface area contributed by atoms with Crippen LogP contribution >= 0.6 is 11.8 Å². The molecular weight excluding hydrogens is 285 g/mol. The lowest BCUT2D eigenvalue weighted by Gasteiger charge is -2.32. The Bertz CT molecular complexity index is 701. The van der Waals surface area contributed by atoms with Crippen LogP contribution in [0.15, 0.2) is 46.5 Å². The van der Waals surface area contributed by atoms with Crippen molar-refractivity contribution in [3.8, 4) is 0 Å². The Kier molecular flexibility index (Phi) is 3.24. The monoisotopic (exact) mass is 301 g/mol. The highest BCUT2D eigenvalue weighted by Crippen LogP contribution is 2.39. The van der Waals surface area contributed by atoms with E-state index in [0.717, 1.165) is 47.4 Å². The predicted molar refractivity (Wildman–Crippen MR) is 83.6 cm³/mol. The minimum absolute atomic E-state index is 0.179. The van der Waals surface area contributed by atoms with E-state index in [1.165, 1.54) is 0 Å². The summed E-state index contributed by atoms with van der Waals surface area (Å²) in [5.41, 5.74) is 2.10. The molecule has 1 aromatic carbocycles. The van der Waals surface area contributed by atoms with Crippen molar-refractivity contribution in [2.45, 2.75) is 9.92 Å². The number of nitrogens with one attached hydrogen (secondary N) is 1. The van der Waals surface area contributed by atoms with Crippen molar-refractivity contribution in [1.82, 2.24) is 14.8 Å². The van der Waals surface area contributed by atoms with Gasteiger partial charge in [-0.1, -0.05) is 11.8 Å². The minimum atomic E-state index is -0.179. The van der Waals surface area contributed by atoms with Crippen LogP contribution in [0.25, 0.3) is 11.9 Å². The van der Waals surface area contributed by atoms with Crippen LogP contribution in [0.5, 0.6) is 0 Å². The molecule has 1 saturated heterocycles. The fourth-order valence-corrected chi connectivity index (χ4v) is 3.83. The van der Waals surface area contributed by atoms with Crippen molar-refractivity contribution in [3.63, 3.8) is 0 Å². The summed E-state index contributed by atoms with van der Waals surface area (Å²) in [6.07, 6.45) is 4.17. The number of nitrogens with zero attached hydrogens (tertiary/aromatic N) is 2. The van der Waals surface area contributed by atoms with E-state index in [1.54, 1.807) is 23.9 Å². The van der Waals surface area contributed by atoms with E-state index in [-0.39, 0.29) is 5.82 Å². The van der Waals surface area contributed by atoms with E-state index in [9.17, 15) is 4.39 Å². The second kappa shape index (κ2) is 5.24. The fourth-order valence-electron chi connectivity index (χ4n) is 2.83. The van der Waals surface area contributed by atoms with Gasteiger partial charge in [0.05, 0.1) is 10.7 Å². The molecular formula is C16H16FN3S. The van der Waals surface area contributed by atoms with Crippen LogP contribution < -0.4 is 5.32 Å². The molecule has 1 fully saturated rings. The number of halogens is 1. The molecule has 0 aliphatic carbocycles. The SMILES string of the molecule is Fc1ccc2c(c1)C(N1CCNCC1)=Cn1cccc1S2. The molecule has 5 heteroatoms. The molecule has 3 heterocycles. The first kappa shape index (κ1) is 13.0. The van der Waals surface area contributed by atoms with Gasteiger partial charge < -0.3 is 14.8 Å². The van der Waals surface area contributed by atoms with E-state index in [2.05, 4.69) is 27.1 Å². The number of rotatable bonds is 1. The molecule has 1 N–H and O–H groups in total. The lowest BCUT2D eigenvalue weighted by molar-refractivity contribution is 0.341. The average Bonchev–Trinajstić information content (AvgIpc) is 2.89. The molecule has 1 aromatic heterocycles. The second-order valence-corrected chi connectivity index (χ2v) is 6.31. The van der Waals surface area contributed by atoms with Crippen molar-refractivity contribution >= 4 is 23.7 Å². The zero-order valence-electron chi connectivity index (χ0n) is 11.6. The molecule has 0 spiro atoms. The molecule has 3 nitrogen and oxygen atoms in total. The van der Waals surface area contributed by atoms with Gasteiger partial charge in [-0.05, 0) is 30.3 Å². The van der Waals surface area contributed by atoms with Crippen molar-refractivity contribution in [1.29, 1.82) is 0 Å². The summed E-state index contributed by atoms with van der Waals surface area (Å²) in [4.78, 5) is 3.45. The maximum atomic E-state index is 13.7. The Morgan fingerprint density at radius 1 is 1.14 bits per heavy atom. The summed E-state index contributed by atoms with van der Waals surface area (Å²) in [7, 11) is 0. The number of piperazine rings is 1. The summed E-state index contributed by atoms with van der Waals surface area (Å²) in [5, 5.41) is 4.52. The number of hydrogen-bond donors (Lipinski definition) is 1. The van der Waals surface area contributed by atoms with E-state index >= 15 is 0 Å². The van der Waals surface area contributed by atoms with Gasteiger partial charge in [0.1, 0.15) is 5.82 Å². The highest BCUT2D eigenvalue weighted by molar-refractivity contribution is 7.99. The first-order chi connectivity index (χ1) is 10.3. The number of benzene rings is 1. The van der Waals surface area contributed by atoms with Crippen LogP contribution in [-0.2, 0) is 0 Å². The first-order valence-electron chi connectivity index (χ1n) is 7.13. The van der Waals surface area contributed by atoms with Gasteiger partial charge in [-0.2, -0.15) is 0 Å². The van der Waals surface area contributed by atoms with E-state index in [0.29, 0.717) is 0 Å². The van der Waals surface area contributed by atoms with Crippen LogP contribution in [0.1, 0.15) is 5.56 Å². The van der Waals surface area contributed by atoms with Crippen molar-refractivity contribution in [2.75, 3.05) is 26.2 Å². The molecule has 2 aromatic rings. The largest absolute Gasteiger partial charge is 0.367 e. The standard InChI is InChI=1S/C16H16FN3S/c17-12-3-4-15-13(10-12)14(19-8-5-18-6-9-19)11-20-7-1-2-16(20)21-15/h1-4,7,10-11,18H,5-6,8-9H2. The minimum Gasteiger partial charge on any atom is -0.367 e. The Labute approximate surface area is 127 Å². The summed E-state index contributed by atoms with van der Waals surface area (Å²) in [5.74, 6) is -0.179. The topological polar surface area (TPSA) is 20.2 Å². The van der Waals surface area contributed by atoms with Crippen LogP contribution in [0.3, 0.4) is 0 Å². The highest BCUT2D eigenvalue weighted by Gasteiger charge is 2.21. The Morgan fingerprint density at radius 3 is 2.86 bits per heavy atom. The molecule has 0 saturated carbocycles. The zero-order chi connectivity index (χ0) is 14.2. The summed E-state index contributed by atoms with van der Waals surface area (Å²) >= 11 is 1.69. The van der Waals surface area contributed by atoms with Crippen molar-refractivity contribution in [3.05, 3.63) is 47.9 Å². The third kappa shape index (κ3) is 2.36. The number of fused-ring (bicyclic) bond motifs is 2. The molecule has 0 amide bonds. The number of hydrogen-bond acceptors (Lipinski definition) is 3. The first-order valence-corrected chi connectivity index (χ1v) is 7.95. The molecule has 2 aliphatic rings. The van der Waals surface area contributed by atoms with Gasteiger partial charge in [-0.3, -0.25) is 0 Å². The zero-order valence-corrected chi connectivity index (χ0v) is 12.4. The molecule has 108 valence electrons. The van der Waals surface area contributed by atoms with Crippen molar-refractivity contribution < 1.29 is 4.39 Å². The Balaban J connectivity index is 1.87. The van der Waals surface area contributed by atoms with Gasteiger partial charge in [-0.15, -0.1) is 0 Å². The van der Waals surface area contributed by atoms with Crippen molar-refractivity contribution in [2.24, 2.45) is 0 Å². The molecule has 0 bridgehead atoms. The quantitative estimate of drug-likeness (QED) is 0.874. The van der Waals surface area contributed by atoms with Crippen LogP contribution in [0.2, 0.25) is 0 Å². The van der Waals surface area contributed by atoms with Gasteiger partial charge in [0.15, 0.2) is 0 Å². The van der Waals surface area contributed by atoms with Gasteiger partial charge in [0, 0.05) is 49.0 Å².